The molecule has 3 N–H and O–H groups in total. The summed E-state index contributed by atoms with van der Waals surface area (Å²) in [5.74, 6) is 0.555. The number of hydrogen-bond acceptors (Lipinski definition) is 5. The average molecular weight is 322 g/mol. The quantitative estimate of drug-likeness (QED) is 0.671. The molecule has 128 valence electrons. The number of aromatic nitrogens is 2. The molecule has 7 nitrogen and oxygen atoms in total. The van der Waals surface area contributed by atoms with E-state index < -0.39 is 0 Å². The molecule has 2 rings (SSSR count). The predicted octanol–water partition coefficient (Wildman–Crippen LogP) is 0.688. The van der Waals surface area contributed by atoms with E-state index in [1.807, 2.05) is 13.0 Å². The lowest BCUT2D eigenvalue weighted by atomic mass is 10.0. The molecule has 1 aliphatic rings. The summed E-state index contributed by atoms with van der Waals surface area (Å²) >= 11 is 0. The van der Waals surface area contributed by atoms with Crippen molar-refractivity contribution in [1.29, 1.82) is 0 Å². The molecular formula is C16H26N4O3. The van der Waals surface area contributed by atoms with Crippen LogP contribution in [0.15, 0.2) is 21.4 Å². The fourth-order valence-corrected chi connectivity index (χ4v) is 2.92. The Kier molecular flexibility index (Phi) is 5.43. The highest BCUT2D eigenvalue weighted by Crippen LogP contribution is 2.25. The van der Waals surface area contributed by atoms with Gasteiger partial charge in [-0.3, -0.25) is 13.9 Å². The molecule has 0 spiro atoms. The van der Waals surface area contributed by atoms with Crippen LogP contribution < -0.4 is 21.9 Å². The van der Waals surface area contributed by atoms with Crippen LogP contribution in [0, 0.1) is 0 Å². The molecule has 0 radical (unpaired) electrons. The molecule has 0 aliphatic carbocycles. The maximum atomic E-state index is 12.8. The van der Waals surface area contributed by atoms with Crippen LogP contribution in [0.4, 0.5) is 5.82 Å². The number of aliphatic hydroxyl groups is 1. The zero-order valence-corrected chi connectivity index (χ0v) is 14.2. The Morgan fingerprint density at radius 2 is 2.09 bits per heavy atom. The van der Waals surface area contributed by atoms with Crippen molar-refractivity contribution >= 4 is 5.82 Å². The maximum absolute atomic E-state index is 12.8. The number of nitrogens with one attached hydrogen (secondary N) is 2. The number of likely N-dealkylation sites (N-methyl/N-ethyl adjacent to an activating group) is 1. The van der Waals surface area contributed by atoms with Crippen LogP contribution in [-0.2, 0) is 13.6 Å². The second kappa shape index (κ2) is 7.14. The van der Waals surface area contributed by atoms with Crippen LogP contribution >= 0.6 is 0 Å². The van der Waals surface area contributed by atoms with Gasteiger partial charge in [0.25, 0.3) is 5.56 Å². The Morgan fingerprint density at radius 1 is 1.39 bits per heavy atom. The zero-order chi connectivity index (χ0) is 17.1. The van der Waals surface area contributed by atoms with Gasteiger partial charge in [-0.25, -0.2) is 4.79 Å². The molecule has 0 amide bonds. The van der Waals surface area contributed by atoms with E-state index in [1.165, 1.54) is 9.13 Å². The summed E-state index contributed by atoms with van der Waals surface area (Å²) in [7, 11) is 3.46. The molecule has 1 unspecified atom stereocenters. The minimum Gasteiger partial charge on any atom is -0.393 e. The van der Waals surface area contributed by atoms with Crippen LogP contribution in [-0.4, -0.2) is 27.4 Å². The van der Waals surface area contributed by atoms with E-state index in [0.717, 1.165) is 12.1 Å². The van der Waals surface area contributed by atoms with E-state index in [2.05, 4.69) is 10.6 Å². The first-order valence-corrected chi connectivity index (χ1v) is 8.01. The molecule has 0 bridgehead atoms. The molecule has 0 saturated carbocycles. The number of allylic oxidation sites excluding steroid dienone is 1. The minimum atomic E-state index is -0.357. The van der Waals surface area contributed by atoms with E-state index in [-0.39, 0.29) is 23.4 Å². The van der Waals surface area contributed by atoms with Gasteiger partial charge in [-0.05, 0) is 46.2 Å². The number of nitrogens with zero attached hydrogens (tertiary/aromatic N) is 2. The van der Waals surface area contributed by atoms with Crippen LogP contribution in [0.25, 0.3) is 0 Å². The summed E-state index contributed by atoms with van der Waals surface area (Å²) in [6, 6.07) is -0.214. The summed E-state index contributed by atoms with van der Waals surface area (Å²) in [6.45, 7) is 4.01. The maximum Gasteiger partial charge on any atom is 0.332 e. The van der Waals surface area contributed by atoms with Gasteiger partial charge in [-0.1, -0.05) is 0 Å². The monoisotopic (exact) mass is 322 g/mol. The SMILES string of the molecule is CNC1C=C(C)Nc2c1c(=O)n(CCCC[C@@H](C)O)c(=O)n2C. The molecule has 2 atom stereocenters. The van der Waals surface area contributed by atoms with Gasteiger partial charge in [0, 0.05) is 19.3 Å². The molecule has 0 fully saturated rings. The molecule has 1 aromatic heterocycles. The molecule has 0 aromatic carbocycles. The van der Waals surface area contributed by atoms with Gasteiger partial charge in [0.05, 0.1) is 17.7 Å². The van der Waals surface area contributed by atoms with Gasteiger partial charge in [-0.2, -0.15) is 0 Å². The molecule has 1 aromatic rings. The van der Waals surface area contributed by atoms with Crippen molar-refractivity contribution in [2.24, 2.45) is 7.05 Å². The fourth-order valence-electron chi connectivity index (χ4n) is 2.92. The van der Waals surface area contributed by atoms with Crippen molar-refractivity contribution < 1.29 is 5.11 Å². The zero-order valence-electron chi connectivity index (χ0n) is 14.2. The highest BCUT2D eigenvalue weighted by Gasteiger charge is 2.25. The van der Waals surface area contributed by atoms with Crippen molar-refractivity contribution in [2.75, 3.05) is 12.4 Å². The first-order chi connectivity index (χ1) is 10.9. The summed E-state index contributed by atoms with van der Waals surface area (Å²) in [6.07, 6.45) is 3.71. The molecule has 7 heteroatoms. The Morgan fingerprint density at radius 3 is 2.70 bits per heavy atom. The smallest absolute Gasteiger partial charge is 0.332 e. The van der Waals surface area contributed by atoms with Crippen molar-refractivity contribution in [3.05, 3.63) is 38.2 Å². The normalized spacial score (nSPS) is 18.1. The average Bonchev–Trinajstić information content (AvgIpc) is 2.50. The summed E-state index contributed by atoms with van der Waals surface area (Å²) in [5, 5.41) is 15.5. The van der Waals surface area contributed by atoms with E-state index in [1.54, 1.807) is 21.0 Å². The van der Waals surface area contributed by atoms with Gasteiger partial charge < -0.3 is 15.7 Å². The van der Waals surface area contributed by atoms with Crippen molar-refractivity contribution in [1.82, 2.24) is 14.5 Å². The standard InChI is InChI=1S/C16H26N4O3/c1-10-9-12(17-3)13-14(18-10)19(4)16(23)20(15(13)22)8-6-5-7-11(2)21/h9,11-12,17-18,21H,5-8H2,1-4H3/t11-,12?/m1/s1. The van der Waals surface area contributed by atoms with Gasteiger partial charge in [-0.15, -0.1) is 0 Å². The summed E-state index contributed by atoms with van der Waals surface area (Å²) in [4.78, 5) is 25.3. The lowest BCUT2D eigenvalue weighted by Crippen LogP contribution is -2.44. The van der Waals surface area contributed by atoms with E-state index in [4.69, 9.17) is 0 Å². The second-order valence-electron chi connectivity index (χ2n) is 6.15. The highest BCUT2D eigenvalue weighted by molar-refractivity contribution is 5.54. The topological polar surface area (TPSA) is 88.3 Å². The van der Waals surface area contributed by atoms with Gasteiger partial charge >= 0.3 is 5.69 Å². The lowest BCUT2D eigenvalue weighted by molar-refractivity contribution is 0.180. The Labute approximate surface area is 135 Å². The summed E-state index contributed by atoms with van der Waals surface area (Å²) in [5.41, 5.74) is 0.898. The van der Waals surface area contributed by atoms with Crippen molar-refractivity contribution in [3.8, 4) is 0 Å². The molecular weight excluding hydrogens is 296 g/mol. The predicted molar refractivity (Wildman–Crippen MR) is 90.7 cm³/mol. The van der Waals surface area contributed by atoms with Crippen LogP contribution in [0.1, 0.15) is 44.7 Å². The summed E-state index contributed by atoms with van der Waals surface area (Å²) < 4.78 is 2.79. The lowest BCUT2D eigenvalue weighted by Gasteiger charge is -2.26. The Bertz CT molecular complexity index is 715. The van der Waals surface area contributed by atoms with Gasteiger partial charge in [0.1, 0.15) is 5.82 Å². The van der Waals surface area contributed by atoms with Crippen LogP contribution in [0.3, 0.4) is 0 Å². The van der Waals surface area contributed by atoms with E-state index in [9.17, 15) is 14.7 Å². The van der Waals surface area contributed by atoms with Gasteiger partial charge in [0.15, 0.2) is 0 Å². The number of unbranched alkanes of at least 4 members (excludes halogenated alkanes) is 1. The molecule has 23 heavy (non-hydrogen) atoms. The molecule has 1 aliphatic heterocycles. The third-order valence-corrected chi connectivity index (χ3v) is 4.19. The number of rotatable bonds is 6. The Hall–Kier alpha value is -1.86. The minimum absolute atomic E-state index is 0.214. The van der Waals surface area contributed by atoms with Crippen LogP contribution in [0.5, 0.6) is 0 Å². The second-order valence-corrected chi connectivity index (χ2v) is 6.15. The van der Waals surface area contributed by atoms with E-state index in [0.29, 0.717) is 30.8 Å². The first kappa shape index (κ1) is 17.5. The van der Waals surface area contributed by atoms with Crippen LogP contribution in [0.2, 0.25) is 0 Å². The van der Waals surface area contributed by atoms with Crippen molar-refractivity contribution in [3.63, 3.8) is 0 Å². The number of hydrogen-bond donors (Lipinski definition) is 3. The largest absolute Gasteiger partial charge is 0.393 e. The number of aliphatic hydroxyl groups excluding tert-OH is 1. The molecule has 0 saturated heterocycles. The molecule has 2 heterocycles. The van der Waals surface area contributed by atoms with E-state index >= 15 is 0 Å². The third kappa shape index (κ3) is 3.56. The first-order valence-electron chi connectivity index (χ1n) is 8.01. The third-order valence-electron chi connectivity index (χ3n) is 4.19. The van der Waals surface area contributed by atoms with Crippen molar-refractivity contribution in [2.45, 2.75) is 51.8 Å². The number of anilines is 1. The Balaban J connectivity index is 2.38. The highest BCUT2D eigenvalue weighted by atomic mass is 16.3. The van der Waals surface area contributed by atoms with Gasteiger partial charge in [0.2, 0.25) is 0 Å². The fraction of sp³-hybridized carbons (Fsp3) is 0.625. The number of fused-ring (bicyclic) bond motifs is 1.